The summed E-state index contributed by atoms with van der Waals surface area (Å²) in [6.45, 7) is 2.67. The second-order valence-corrected chi connectivity index (χ2v) is 8.28. The van der Waals surface area contributed by atoms with Crippen LogP contribution in [0.5, 0.6) is 5.75 Å². The lowest BCUT2D eigenvalue weighted by atomic mass is 10.0. The van der Waals surface area contributed by atoms with Crippen LogP contribution in [0.4, 0.5) is 4.79 Å². The molecular formula is C24H24ClN3O3. The van der Waals surface area contributed by atoms with Crippen LogP contribution in [0.3, 0.4) is 0 Å². The van der Waals surface area contributed by atoms with Gasteiger partial charge >= 0.3 is 6.03 Å². The van der Waals surface area contributed by atoms with Gasteiger partial charge in [0, 0.05) is 43.1 Å². The summed E-state index contributed by atoms with van der Waals surface area (Å²) in [4.78, 5) is 24.2. The highest BCUT2D eigenvalue weighted by atomic mass is 35.5. The molecule has 5 rings (SSSR count). The first kappa shape index (κ1) is 20.1. The number of benzene rings is 2. The number of amides is 2. The van der Waals surface area contributed by atoms with Gasteiger partial charge in [-0.05, 0) is 30.2 Å². The minimum Gasteiger partial charge on any atom is -0.490 e. The van der Waals surface area contributed by atoms with E-state index in [0.717, 1.165) is 47.0 Å². The Balaban J connectivity index is 1.21. The van der Waals surface area contributed by atoms with Gasteiger partial charge in [-0.25, -0.2) is 9.86 Å². The standard InChI is InChI=1S/C24H24ClN3O3/c25-23-20-4-1-2-5-22(20)26-16-21(23)17-6-8-18(9-7-17)31-19-10-13-27(14-11-19)24(29)28-12-3-15-30-28/h1-2,4-9,16,19H,3,10-15H2. The number of halogens is 1. The predicted octanol–water partition coefficient (Wildman–Crippen LogP) is 5.16. The molecule has 0 unspecified atom stereocenters. The maximum absolute atomic E-state index is 12.4. The molecule has 0 radical (unpaired) electrons. The molecule has 7 heteroatoms. The summed E-state index contributed by atoms with van der Waals surface area (Å²) in [6.07, 6.45) is 4.43. The Morgan fingerprint density at radius 3 is 2.58 bits per heavy atom. The number of piperidine rings is 1. The van der Waals surface area contributed by atoms with E-state index in [1.807, 2.05) is 59.6 Å². The van der Waals surface area contributed by atoms with Crippen molar-refractivity contribution in [3.63, 3.8) is 0 Å². The number of nitrogens with zero attached hydrogens (tertiary/aromatic N) is 3. The average molecular weight is 438 g/mol. The Morgan fingerprint density at radius 2 is 1.84 bits per heavy atom. The van der Waals surface area contributed by atoms with Crippen molar-refractivity contribution in [1.29, 1.82) is 0 Å². The average Bonchev–Trinajstić information content (AvgIpc) is 3.35. The van der Waals surface area contributed by atoms with E-state index in [1.54, 1.807) is 0 Å². The number of pyridine rings is 1. The molecule has 2 aliphatic heterocycles. The third kappa shape index (κ3) is 4.18. The molecule has 2 saturated heterocycles. The summed E-state index contributed by atoms with van der Waals surface area (Å²) < 4.78 is 6.17. The Labute approximate surface area is 186 Å². The van der Waals surface area contributed by atoms with Gasteiger partial charge in [0.25, 0.3) is 0 Å². The number of hydroxylamine groups is 2. The summed E-state index contributed by atoms with van der Waals surface area (Å²) in [5.74, 6) is 0.821. The molecule has 2 aliphatic rings. The van der Waals surface area contributed by atoms with Gasteiger partial charge in [0.05, 0.1) is 23.7 Å². The quantitative estimate of drug-likeness (QED) is 0.568. The molecule has 2 amide bonds. The van der Waals surface area contributed by atoms with Crippen molar-refractivity contribution in [1.82, 2.24) is 14.9 Å². The van der Waals surface area contributed by atoms with Crippen LogP contribution < -0.4 is 4.74 Å². The van der Waals surface area contributed by atoms with E-state index in [4.69, 9.17) is 21.2 Å². The number of ether oxygens (including phenoxy) is 1. The maximum atomic E-state index is 12.4. The topological polar surface area (TPSA) is 54.9 Å². The predicted molar refractivity (Wildman–Crippen MR) is 120 cm³/mol. The second-order valence-electron chi connectivity index (χ2n) is 7.90. The Bertz CT molecular complexity index is 1080. The molecule has 0 N–H and O–H groups in total. The van der Waals surface area contributed by atoms with Crippen molar-refractivity contribution in [2.75, 3.05) is 26.2 Å². The van der Waals surface area contributed by atoms with Crippen LogP contribution >= 0.6 is 11.6 Å². The van der Waals surface area contributed by atoms with Gasteiger partial charge in [-0.1, -0.05) is 41.9 Å². The molecular weight excluding hydrogens is 414 g/mol. The van der Waals surface area contributed by atoms with E-state index < -0.39 is 0 Å². The smallest absolute Gasteiger partial charge is 0.343 e. The van der Waals surface area contributed by atoms with Gasteiger partial charge in [-0.2, -0.15) is 0 Å². The minimum atomic E-state index is -0.0267. The van der Waals surface area contributed by atoms with Gasteiger partial charge in [-0.15, -0.1) is 0 Å². The van der Waals surface area contributed by atoms with Crippen LogP contribution in [-0.2, 0) is 4.84 Å². The molecule has 3 heterocycles. The van der Waals surface area contributed by atoms with E-state index >= 15 is 0 Å². The third-order valence-electron chi connectivity index (χ3n) is 5.86. The molecule has 1 aromatic heterocycles. The fourth-order valence-corrected chi connectivity index (χ4v) is 4.45. The van der Waals surface area contributed by atoms with Gasteiger partial charge in [0.2, 0.25) is 0 Å². The molecule has 0 atom stereocenters. The lowest BCUT2D eigenvalue weighted by molar-refractivity contribution is -0.0797. The third-order valence-corrected chi connectivity index (χ3v) is 6.26. The number of urea groups is 1. The lowest BCUT2D eigenvalue weighted by Gasteiger charge is -2.33. The number of aromatic nitrogens is 1. The number of hydrogen-bond donors (Lipinski definition) is 0. The molecule has 3 aromatic rings. The highest BCUT2D eigenvalue weighted by molar-refractivity contribution is 6.38. The molecule has 160 valence electrons. The monoisotopic (exact) mass is 437 g/mol. The summed E-state index contributed by atoms with van der Waals surface area (Å²) in [5.41, 5.74) is 2.79. The molecule has 2 aromatic carbocycles. The Morgan fingerprint density at radius 1 is 1.06 bits per heavy atom. The molecule has 6 nitrogen and oxygen atoms in total. The Kier molecular flexibility index (Phi) is 5.66. The number of carbonyl (C=O) groups excluding carboxylic acids is 1. The lowest BCUT2D eigenvalue weighted by Crippen LogP contribution is -2.47. The molecule has 0 bridgehead atoms. The molecule has 0 aliphatic carbocycles. The Hall–Kier alpha value is -2.83. The first-order valence-electron chi connectivity index (χ1n) is 10.7. The van der Waals surface area contributed by atoms with Crippen LogP contribution in [0.1, 0.15) is 19.3 Å². The summed E-state index contributed by atoms with van der Waals surface area (Å²) in [7, 11) is 0. The van der Waals surface area contributed by atoms with Crippen molar-refractivity contribution < 1.29 is 14.4 Å². The van der Waals surface area contributed by atoms with Gasteiger partial charge in [0.15, 0.2) is 0 Å². The zero-order valence-electron chi connectivity index (χ0n) is 17.2. The zero-order valence-corrected chi connectivity index (χ0v) is 17.9. The van der Waals surface area contributed by atoms with Gasteiger partial charge < -0.3 is 9.64 Å². The molecule has 31 heavy (non-hydrogen) atoms. The summed E-state index contributed by atoms with van der Waals surface area (Å²) >= 11 is 6.64. The van der Waals surface area contributed by atoms with Crippen LogP contribution in [0.2, 0.25) is 5.02 Å². The van der Waals surface area contributed by atoms with Crippen molar-refractivity contribution in [2.45, 2.75) is 25.4 Å². The number of para-hydroxylation sites is 1. The first-order valence-corrected chi connectivity index (χ1v) is 11.1. The zero-order chi connectivity index (χ0) is 21.2. The normalized spacial score (nSPS) is 17.3. The summed E-state index contributed by atoms with van der Waals surface area (Å²) in [5, 5.41) is 3.13. The second kappa shape index (κ2) is 8.73. The minimum absolute atomic E-state index is 0.0267. The van der Waals surface area contributed by atoms with Crippen LogP contribution in [0.15, 0.2) is 54.7 Å². The van der Waals surface area contributed by atoms with Gasteiger partial charge in [0.1, 0.15) is 11.9 Å². The highest BCUT2D eigenvalue weighted by Gasteiger charge is 2.29. The first-order chi connectivity index (χ1) is 15.2. The van der Waals surface area contributed by atoms with Crippen molar-refractivity contribution in [2.24, 2.45) is 0 Å². The molecule has 0 spiro atoms. The number of rotatable bonds is 3. The van der Waals surface area contributed by atoms with Gasteiger partial charge in [-0.3, -0.25) is 9.82 Å². The SMILES string of the molecule is O=C(N1CCC(Oc2ccc(-c3cnc4ccccc4c3Cl)cc2)CC1)N1CCCO1. The largest absolute Gasteiger partial charge is 0.490 e. The van der Waals surface area contributed by atoms with Crippen molar-refractivity contribution in [3.8, 4) is 16.9 Å². The van der Waals surface area contributed by atoms with E-state index in [-0.39, 0.29) is 12.1 Å². The van der Waals surface area contributed by atoms with Crippen molar-refractivity contribution in [3.05, 3.63) is 59.8 Å². The fraction of sp³-hybridized carbons (Fsp3) is 0.333. The number of likely N-dealkylation sites (tertiary alicyclic amines) is 1. The maximum Gasteiger partial charge on any atom is 0.343 e. The van der Waals surface area contributed by atoms with Crippen LogP contribution in [0.25, 0.3) is 22.0 Å². The van der Waals surface area contributed by atoms with Crippen molar-refractivity contribution >= 4 is 28.5 Å². The molecule has 2 fully saturated rings. The molecule has 0 saturated carbocycles. The number of hydrogen-bond acceptors (Lipinski definition) is 4. The van der Waals surface area contributed by atoms with E-state index in [0.29, 0.717) is 31.3 Å². The van der Waals surface area contributed by atoms with E-state index in [2.05, 4.69) is 4.98 Å². The van der Waals surface area contributed by atoms with E-state index in [1.165, 1.54) is 5.06 Å². The number of fused-ring (bicyclic) bond motifs is 1. The van der Waals surface area contributed by atoms with Crippen LogP contribution in [0, 0.1) is 0 Å². The van der Waals surface area contributed by atoms with E-state index in [9.17, 15) is 4.79 Å². The van der Waals surface area contributed by atoms with Crippen LogP contribution in [-0.4, -0.2) is 53.3 Å². The summed E-state index contributed by atoms with van der Waals surface area (Å²) in [6, 6.07) is 15.8. The fourth-order valence-electron chi connectivity index (χ4n) is 4.14. The highest BCUT2D eigenvalue weighted by Crippen LogP contribution is 2.34. The number of carbonyl (C=O) groups is 1.